The van der Waals surface area contributed by atoms with Crippen LogP contribution in [0.1, 0.15) is 24.0 Å². The Kier molecular flexibility index (Phi) is 6.13. The molecule has 2 aliphatic heterocycles. The summed E-state index contributed by atoms with van der Waals surface area (Å²) in [6, 6.07) is 12.4. The molecule has 2 aromatic carbocycles. The van der Waals surface area contributed by atoms with Crippen molar-refractivity contribution in [3.8, 4) is 5.75 Å². The van der Waals surface area contributed by atoms with Crippen molar-refractivity contribution in [3.05, 3.63) is 65.2 Å². The zero-order valence-corrected chi connectivity index (χ0v) is 16.9. The first-order valence-electron chi connectivity index (χ1n) is 10.2. The first-order chi connectivity index (χ1) is 14.1. The molecular weight excluding hydrogens is 374 g/mol. The molecule has 0 amide bonds. The maximum Gasteiger partial charge on any atom is 0.163 e. The summed E-state index contributed by atoms with van der Waals surface area (Å²) in [6.07, 6.45) is 1.79. The first kappa shape index (κ1) is 20.3. The van der Waals surface area contributed by atoms with Gasteiger partial charge in [0.15, 0.2) is 11.6 Å². The summed E-state index contributed by atoms with van der Waals surface area (Å²) < 4.78 is 39.8. The summed E-state index contributed by atoms with van der Waals surface area (Å²) in [5.74, 6) is -0.649. The molecule has 0 aromatic heterocycles. The molecule has 0 atom stereocenters. The molecule has 0 saturated carbocycles. The quantitative estimate of drug-likeness (QED) is 0.759. The van der Waals surface area contributed by atoms with Crippen LogP contribution < -0.4 is 4.74 Å². The highest BCUT2D eigenvalue weighted by atomic mass is 19.2. The van der Waals surface area contributed by atoms with Crippen molar-refractivity contribution in [1.29, 1.82) is 0 Å². The van der Waals surface area contributed by atoms with Crippen LogP contribution in [0.4, 0.5) is 8.78 Å². The minimum atomic E-state index is -0.796. The number of para-hydroxylation sites is 1. The van der Waals surface area contributed by atoms with E-state index in [2.05, 4.69) is 15.9 Å². The Bertz CT molecular complexity index is 837. The van der Waals surface area contributed by atoms with Crippen LogP contribution in [0.3, 0.4) is 0 Å². The van der Waals surface area contributed by atoms with E-state index in [0.717, 1.165) is 56.5 Å². The lowest BCUT2D eigenvalue weighted by atomic mass is 9.90. The molecule has 4 nitrogen and oxygen atoms in total. The van der Waals surface area contributed by atoms with Crippen molar-refractivity contribution >= 4 is 0 Å². The fourth-order valence-corrected chi connectivity index (χ4v) is 4.39. The van der Waals surface area contributed by atoms with Gasteiger partial charge in [0.2, 0.25) is 0 Å². The average Bonchev–Trinajstić information content (AvgIpc) is 2.87. The van der Waals surface area contributed by atoms with Crippen molar-refractivity contribution in [2.75, 3.05) is 39.9 Å². The minimum absolute atomic E-state index is 0.319. The van der Waals surface area contributed by atoms with E-state index < -0.39 is 11.6 Å². The molecule has 4 rings (SSSR count). The topological polar surface area (TPSA) is 24.9 Å². The molecule has 0 N–H and O–H groups in total. The van der Waals surface area contributed by atoms with Gasteiger partial charge in [0.05, 0.1) is 6.61 Å². The second kappa shape index (κ2) is 8.78. The summed E-state index contributed by atoms with van der Waals surface area (Å²) in [6.45, 7) is 5.22. The van der Waals surface area contributed by atoms with Gasteiger partial charge in [-0.25, -0.2) is 8.78 Å². The molecule has 0 radical (unpaired) electrons. The van der Waals surface area contributed by atoms with Gasteiger partial charge < -0.3 is 14.4 Å². The van der Waals surface area contributed by atoms with Gasteiger partial charge in [0.25, 0.3) is 0 Å². The summed E-state index contributed by atoms with van der Waals surface area (Å²) in [7, 11) is 1.72. The molecule has 29 heavy (non-hydrogen) atoms. The number of methoxy groups -OCH3 is 1. The number of piperidine rings is 1. The van der Waals surface area contributed by atoms with Crippen molar-refractivity contribution < 1.29 is 18.3 Å². The Morgan fingerprint density at radius 2 is 1.83 bits per heavy atom. The number of likely N-dealkylation sites (tertiary alicyclic amines) is 1. The summed E-state index contributed by atoms with van der Waals surface area (Å²) in [5, 5.41) is 0. The standard InChI is InChI=1S/C23H28F2N2O2/c1-28-14-13-26-11-9-23(10-12-26)17-27(15-18-5-2-3-8-21(18)29-23)16-19-6-4-7-20(24)22(19)25/h2-8H,9-17H2,1H3. The molecule has 1 saturated heterocycles. The van der Waals surface area contributed by atoms with Crippen molar-refractivity contribution in [3.63, 3.8) is 0 Å². The third-order valence-corrected chi connectivity index (χ3v) is 6.01. The van der Waals surface area contributed by atoms with Gasteiger partial charge in [-0.3, -0.25) is 4.90 Å². The van der Waals surface area contributed by atoms with Gasteiger partial charge in [-0.1, -0.05) is 30.3 Å². The predicted octanol–water partition coefficient (Wildman–Crippen LogP) is 3.84. The van der Waals surface area contributed by atoms with Crippen LogP contribution in [0.15, 0.2) is 42.5 Å². The van der Waals surface area contributed by atoms with Crippen LogP contribution in [-0.2, 0) is 17.8 Å². The lowest BCUT2D eigenvalue weighted by Crippen LogP contribution is -2.53. The van der Waals surface area contributed by atoms with E-state index in [9.17, 15) is 8.78 Å². The molecule has 1 spiro atoms. The van der Waals surface area contributed by atoms with Gasteiger partial charge in [-0.05, 0) is 12.1 Å². The fourth-order valence-electron chi connectivity index (χ4n) is 4.39. The molecule has 6 heteroatoms. The maximum atomic E-state index is 14.3. The largest absolute Gasteiger partial charge is 0.486 e. The highest BCUT2D eigenvalue weighted by Gasteiger charge is 2.40. The number of nitrogens with zero attached hydrogens (tertiary/aromatic N) is 2. The SMILES string of the molecule is COCCN1CCC2(CC1)CN(Cc1cccc(F)c1F)Cc1ccccc1O2. The molecule has 0 aliphatic carbocycles. The highest BCUT2D eigenvalue weighted by Crippen LogP contribution is 2.36. The number of halogens is 2. The molecule has 0 bridgehead atoms. The van der Waals surface area contributed by atoms with E-state index in [-0.39, 0.29) is 5.60 Å². The van der Waals surface area contributed by atoms with Crippen LogP contribution in [-0.4, -0.2) is 55.3 Å². The summed E-state index contributed by atoms with van der Waals surface area (Å²) >= 11 is 0. The van der Waals surface area contributed by atoms with E-state index >= 15 is 0 Å². The molecule has 156 valence electrons. The monoisotopic (exact) mass is 402 g/mol. The molecule has 2 aliphatic rings. The smallest absolute Gasteiger partial charge is 0.163 e. The second-order valence-corrected chi connectivity index (χ2v) is 8.09. The van der Waals surface area contributed by atoms with Crippen LogP contribution >= 0.6 is 0 Å². The molecule has 2 heterocycles. The Balaban J connectivity index is 1.56. The maximum absolute atomic E-state index is 14.3. The highest BCUT2D eigenvalue weighted by molar-refractivity contribution is 5.35. The number of benzene rings is 2. The average molecular weight is 402 g/mol. The van der Waals surface area contributed by atoms with E-state index in [0.29, 0.717) is 25.2 Å². The zero-order chi connectivity index (χ0) is 20.3. The van der Waals surface area contributed by atoms with E-state index in [4.69, 9.17) is 9.47 Å². The molecule has 2 aromatic rings. The number of hydrogen-bond acceptors (Lipinski definition) is 4. The number of ether oxygens (including phenoxy) is 2. The zero-order valence-electron chi connectivity index (χ0n) is 16.9. The fraction of sp³-hybridized carbons (Fsp3) is 0.478. The van der Waals surface area contributed by atoms with Gasteiger partial charge >= 0.3 is 0 Å². The van der Waals surface area contributed by atoms with Crippen LogP contribution in [0, 0.1) is 11.6 Å². The Morgan fingerprint density at radius 3 is 2.62 bits per heavy atom. The molecule has 1 fully saturated rings. The number of fused-ring (bicyclic) bond motifs is 1. The number of hydrogen-bond donors (Lipinski definition) is 0. The minimum Gasteiger partial charge on any atom is -0.486 e. The van der Waals surface area contributed by atoms with E-state index in [1.54, 1.807) is 19.2 Å². The van der Waals surface area contributed by atoms with E-state index in [1.807, 2.05) is 18.2 Å². The Labute approximate surface area is 171 Å². The lowest BCUT2D eigenvalue weighted by Gasteiger charge is -2.43. The van der Waals surface area contributed by atoms with E-state index in [1.165, 1.54) is 0 Å². The second-order valence-electron chi connectivity index (χ2n) is 8.09. The third kappa shape index (κ3) is 4.60. The van der Waals surface area contributed by atoms with Crippen LogP contribution in [0.5, 0.6) is 5.75 Å². The number of rotatable bonds is 5. The Morgan fingerprint density at radius 1 is 1.03 bits per heavy atom. The lowest BCUT2D eigenvalue weighted by molar-refractivity contribution is -0.0235. The first-order valence-corrected chi connectivity index (χ1v) is 10.2. The van der Waals surface area contributed by atoms with Crippen molar-refractivity contribution in [1.82, 2.24) is 9.80 Å². The van der Waals surface area contributed by atoms with Gasteiger partial charge in [0, 0.05) is 70.3 Å². The summed E-state index contributed by atoms with van der Waals surface area (Å²) in [4.78, 5) is 4.58. The summed E-state index contributed by atoms with van der Waals surface area (Å²) in [5.41, 5.74) is 1.15. The van der Waals surface area contributed by atoms with Crippen molar-refractivity contribution in [2.24, 2.45) is 0 Å². The normalized spacial score (nSPS) is 19.6. The van der Waals surface area contributed by atoms with Crippen LogP contribution in [0.2, 0.25) is 0 Å². The van der Waals surface area contributed by atoms with Crippen LogP contribution in [0.25, 0.3) is 0 Å². The van der Waals surface area contributed by atoms with Crippen molar-refractivity contribution in [2.45, 2.75) is 31.5 Å². The third-order valence-electron chi connectivity index (χ3n) is 6.01. The molecular formula is C23H28F2N2O2. The van der Waals surface area contributed by atoms with Gasteiger partial charge in [0.1, 0.15) is 11.4 Å². The predicted molar refractivity (Wildman–Crippen MR) is 108 cm³/mol. The Hall–Kier alpha value is -2.02. The van der Waals surface area contributed by atoms with Gasteiger partial charge in [-0.2, -0.15) is 0 Å². The molecule has 0 unspecified atom stereocenters. The van der Waals surface area contributed by atoms with Gasteiger partial charge in [-0.15, -0.1) is 0 Å².